The van der Waals surface area contributed by atoms with Gasteiger partial charge in [-0.1, -0.05) is 54.6 Å². The summed E-state index contributed by atoms with van der Waals surface area (Å²) in [6.07, 6.45) is 0. The molecule has 5 rings (SSSR count). The largest absolute Gasteiger partial charge is 0.497 e. The molecule has 0 saturated heterocycles. The lowest BCUT2D eigenvalue weighted by Gasteiger charge is -2.29. The molecule has 0 radical (unpaired) electrons. The van der Waals surface area contributed by atoms with Gasteiger partial charge in [0.1, 0.15) is 5.75 Å². The number of hydrogen-bond acceptors (Lipinski definition) is 2. The van der Waals surface area contributed by atoms with Crippen LogP contribution in [-0.4, -0.2) is 13.0 Å². The molecular weight excluding hydrogens is 358 g/mol. The van der Waals surface area contributed by atoms with Gasteiger partial charge in [-0.25, -0.2) is 0 Å². The lowest BCUT2D eigenvalue weighted by atomic mass is 9.82. The SMILES string of the molecule is COc1ccc(N2C(=O)C(C)(C)C3=C2[C@@H](c2ccccc2)c2ccccc23)cc1. The Labute approximate surface area is 171 Å². The second kappa shape index (κ2) is 6.35. The van der Waals surface area contributed by atoms with E-state index in [1.165, 1.54) is 16.7 Å². The Kier molecular flexibility index (Phi) is 3.88. The van der Waals surface area contributed by atoms with E-state index < -0.39 is 5.41 Å². The lowest BCUT2D eigenvalue weighted by molar-refractivity contribution is -0.122. The number of nitrogens with zero attached hydrogens (tertiary/aromatic N) is 1. The number of amides is 1. The molecular formula is C26H23NO2. The maximum absolute atomic E-state index is 13.6. The summed E-state index contributed by atoms with van der Waals surface area (Å²) in [5.74, 6) is 0.932. The van der Waals surface area contributed by atoms with Crippen LogP contribution in [0.25, 0.3) is 5.57 Å². The molecule has 3 aromatic carbocycles. The lowest BCUT2D eigenvalue weighted by Crippen LogP contribution is -2.35. The minimum absolute atomic E-state index is 0.0372. The van der Waals surface area contributed by atoms with Crippen molar-refractivity contribution in [2.45, 2.75) is 19.8 Å². The van der Waals surface area contributed by atoms with E-state index in [9.17, 15) is 4.79 Å². The molecule has 1 atom stereocenters. The van der Waals surface area contributed by atoms with Crippen LogP contribution in [0, 0.1) is 5.41 Å². The monoisotopic (exact) mass is 381 g/mol. The molecule has 1 aliphatic heterocycles. The number of carbonyl (C=O) groups is 1. The van der Waals surface area contributed by atoms with E-state index in [1.807, 2.05) is 49.1 Å². The summed E-state index contributed by atoms with van der Waals surface area (Å²) < 4.78 is 5.31. The van der Waals surface area contributed by atoms with Gasteiger partial charge in [0.2, 0.25) is 5.91 Å². The average Bonchev–Trinajstić information content (AvgIpc) is 3.19. The second-order valence-corrected chi connectivity index (χ2v) is 8.15. The van der Waals surface area contributed by atoms with Crippen molar-refractivity contribution in [3.05, 3.63) is 101 Å². The van der Waals surface area contributed by atoms with Gasteiger partial charge in [-0.15, -0.1) is 0 Å². The highest BCUT2D eigenvalue weighted by atomic mass is 16.5. The van der Waals surface area contributed by atoms with Crippen molar-refractivity contribution in [3.8, 4) is 5.75 Å². The van der Waals surface area contributed by atoms with E-state index in [0.717, 1.165) is 22.7 Å². The number of rotatable bonds is 3. The maximum Gasteiger partial charge on any atom is 0.241 e. The molecule has 3 heteroatoms. The van der Waals surface area contributed by atoms with Crippen LogP contribution in [0.5, 0.6) is 5.75 Å². The van der Waals surface area contributed by atoms with E-state index in [4.69, 9.17) is 4.74 Å². The maximum atomic E-state index is 13.6. The third-order valence-corrected chi connectivity index (χ3v) is 6.14. The van der Waals surface area contributed by atoms with Crippen LogP contribution in [0.4, 0.5) is 5.69 Å². The molecule has 29 heavy (non-hydrogen) atoms. The van der Waals surface area contributed by atoms with Gasteiger partial charge < -0.3 is 4.74 Å². The molecule has 2 aliphatic rings. The molecule has 0 spiro atoms. The molecule has 3 aromatic rings. The number of hydrogen-bond donors (Lipinski definition) is 0. The molecule has 1 aliphatic carbocycles. The highest BCUT2D eigenvalue weighted by Gasteiger charge is 2.53. The quantitative estimate of drug-likeness (QED) is 0.589. The van der Waals surface area contributed by atoms with Crippen LogP contribution in [-0.2, 0) is 4.79 Å². The van der Waals surface area contributed by atoms with Crippen molar-refractivity contribution in [2.75, 3.05) is 12.0 Å². The third kappa shape index (κ3) is 2.47. The molecule has 3 nitrogen and oxygen atoms in total. The van der Waals surface area contributed by atoms with Gasteiger partial charge in [0, 0.05) is 11.4 Å². The molecule has 0 aromatic heterocycles. The summed E-state index contributed by atoms with van der Waals surface area (Å²) >= 11 is 0. The number of anilines is 1. The van der Waals surface area contributed by atoms with Gasteiger partial charge in [0.05, 0.1) is 18.4 Å². The predicted octanol–water partition coefficient (Wildman–Crippen LogP) is 5.62. The Morgan fingerprint density at radius 3 is 2.21 bits per heavy atom. The molecule has 0 N–H and O–H groups in total. The Morgan fingerprint density at radius 1 is 0.862 bits per heavy atom. The number of benzene rings is 3. The fourth-order valence-electron chi connectivity index (χ4n) is 4.77. The van der Waals surface area contributed by atoms with Crippen molar-refractivity contribution >= 4 is 17.2 Å². The Hall–Kier alpha value is -3.33. The molecule has 0 unspecified atom stereocenters. The number of allylic oxidation sites excluding steroid dienone is 1. The van der Waals surface area contributed by atoms with E-state index in [2.05, 4.69) is 48.5 Å². The first-order valence-electron chi connectivity index (χ1n) is 9.91. The molecule has 144 valence electrons. The second-order valence-electron chi connectivity index (χ2n) is 8.15. The van der Waals surface area contributed by atoms with Gasteiger partial charge in [0.15, 0.2) is 0 Å². The fraction of sp³-hybridized carbons (Fsp3) is 0.192. The van der Waals surface area contributed by atoms with Crippen molar-refractivity contribution < 1.29 is 9.53 Å². The summed E-state index contributed by atoms with van der Waals surface area (Å²) in [7, 11) is 1.65. The standard InChI is InChI=1S/C26H23NO2/c1-26(2)23-21-12-8-7-11-20(21)22(17-9-5-4-6-10-17)24(23)27(25(26)28)18-13-15-19(29-3)16-14-18/h4-16,22H,1-3H3/t22-/m0/s1. The smallest absolute Gasteiger partial charge is 0.241 e. The van der Waals surface area contributed by atoms with E-state index in [0.29, 0.717) is 0 Å². The molecule has 0 saturated carbocycles. The van der Waals surface area contributed by atoms with Crippen LogP contribution in [0.3, 0.4) is 0 Å². The van der Waals surface area contributed by atoms with Gasteiger partial charge >= 0.3 is 0 Å². The zero-order chi connectivity index (χ0) is 20.2. The number of fused-ring (bicyclic) bond motifs is 2. The van der Waals surface area contributed by atoms with Crippen molar-refractivity contribution in [2.24, 2.45) is 5.41 Å². The number of ether oxygens (including phenoxy) is 1. The summed E-state index contributed by atoms with van der Waals surface area (Å²) in [4.78, 5) is 15.6. The normalized spacial score (nSPS) is 19.3. The minimum atomic E-state index is -0.588. The zero-order valence-electron chi connectivity index (χ0n) is 16.8. The van der Waals surface area contributed by atoms with Gasteiger partial charge in [-0.3, -0.25) is 9.69 Å². The van der Waals surface area contributed by atoms with E-state index in [-0.39, 0.29) is 11.8 Å². The third-order valence-electron chi connectivity index (χ3n) is 6.14. The Morgan fingerprint density at radius 2 is 1.52 bits per heavy atom. The highest BCUT2D eigenvalue weighted by Crippen LogP contribution is 2.58. The number of methoxy groups -OCH3 is 1. The predicted molar refractivity (Wildman–Crippen MR) is 116 cm³/mol. The summed E-state index contributed by atoms with van der Waals surface area (Å²) in [5, 5.41) is 0. The van der Waals surface area contributed by atoms with Crippen LogP contribution in [0.15, 0.2) is 84.6 Å². The Balaban J connectivity index is 1.76. The zero-order valence-corrected chi connectivity index (χ0v) is 16.8. The average molecular weight is 381 g/mol. The summed E-state index contributed by atoms with van der Waals surface area (Å²) in [5.41, 5.74) is 6.17. The molecule has 0 fully saturated rings. The van der Waals surface area contributed by atoms with E-state index >= 15 is 0 Å². The van der Waals surface area contributed by atoms with Crippen molar-refractivity contribution in [1.29, 1.82) is 0 Å². The van der Waals surface area contributed by atoms with Crippen LogP contribution >= 0.6 is 0 Å². The first-order chi connectivity index (χ1) is 14.0. The van der Waals surface area contributed by atoms with Gasteiger partial charge in [0.25, 0.3) is 0 Å². The summed E-state index contributed by atoms with van der Waals surface area (Å²) in [6, 6.07) is 26.7. The van der Waals surface area contributed by atoms with Gasteiger partial charge in [-0.2, -0.15) is 0 Å². The Bertz CT molecular complexity index is 1130. The molecule has 1 heterocycles. The van der Waals surface area contributed by atoms with Crippen LogP contribution < -0.4 is 9.64 Å². The van der Waals surface area contributed by atoms with Crippen molar-refractivity contribution in [1.82, 2.24) is 0 Å². The first kappa shape index (κ1) is 17.7. The summed E-state index contributed by atoms with van der Waals surface area (Å²) in [6.45, 7) is 4.08. The molecule has 1 amide bonds. The number of carbonyl (C=O) groups excluding carboxylic acids is 1. The minimum Gasteiger partial charge on any atom is -0.497 e. The highest BCUT2D eigenvalue weighted by molar-refractivity contribution is 6.16. The van der Waals surface area contributed by atoms with Crippen LogP contribution in [0.2, 0.25) is 0 Å². The van der Waals surface area contributed by atoms with Crippen molar-refractivity contribution in [3.63, 3.8) is 0 Å². The van der Waals surface area contributed by atoms with Gasteiger partial charge in [-0.05, 0) is 60.4 Å². The topological polar surface area (TPSA) is 29.5 Å². The first-order valence-corrected chi connectivity index (χ1v) is 9.91. The molecule has 0 bridgehead atoms. The van der Waals surface area contributed by atoms with E-state index in [1.54, 1.807) is 7.11 Å². The fourth-order valence-corrected chi connectivity index (χ4v) is 4.77. The van der Waals surface area contributed by atoms with Crippen LogP contribution in [0.1, 0.15) is 36.5 Å².